The van der Waals surface area contributed by atoms with Gasteiger partial charge in [-0.1, -0.05) is 115 Å². The quantitative estimate of drug-likeness (QED) is 0.163. The molecule has 4 heteroatoms. The predicted molar refractivity (Wildman–Crippen MR) is 172 cm³/mol. The van der Waals surface area contributed by atoms with Crippen LogP contribution >= 0.6 is 7.14 Å². The van der Waals surface area contributed by atoms with E-state index in [0.29, 0.717) is 0 Å². The van der Waals surface area contributed by atoms with Crippen molar-refractivity contribution < 1.29 is 4.57 Å². The first-order chi connectivity index (χ1) is 20.2. The molecule has 0 saturated carbocycles. The fraction of sp³-hybridized carbons (Fsp3) is 0. The van der Waals surface area contributed by atoms with E-state index in [4.69, 9.17) is 4.98 Å². The van der Waals surface area contributed by atoms with Gasteiger partial charge in [0.2, 0.25) is 0 Å². The van der Waals surface area contributed by atoms with Crippen molar-refractivity contribution in [3.63, 3.8) is 0 Å². The number of hydrogen-bond acceptors (Lipinski definition) is 2. The third kappa shape index (κ3) is 3.04. The van der Waals surface area contributed by atoms with Gasteiger partial charge in [0, 0.05) is 26.7 Å². The summed E-state index contributed by atoms with van der Waals surface area (Å²) in [5.74, 6) is 0. The van der Waals surface area contributed by atoms with Gasteiger partial charge in [-0.2, -0.15) is 0 Å². The van der Waals surface area contributed by atoms with Gasteiger partial charge in [0.05, 0.1) is 16.6 Å². The predicted octanol–water partition coefficient (Wildman–Crippen LogP) is 8.08. The highest BCUT2D eigenvalue weighted by molar-refractivity contribution is 7.86. The highest BCUT2D eigenvalue weighted by Gasteiger charge is 2.40. The summed E-state index contributed by atoms with van der Waals surface area (Å²) in [7, 11) is -3.07. The minimum atomic E-state index is -3.07. The molecular formula is C37H23N2OP. The Hall–Kier alpha value is -4.98. The average Bonchev–Trinajstić information content (AvgIpc) is 3.56. The molecule has 1 aliphatic rings. The summed E-state index contributed by atoms with van der Waals surface area (Å²) in [5.41, 5.74) is 8.31. The topological polar surface area (TPSA) is 34.4 Å². The molecule has 0 atom stereocenters. The Morgan fingerprint density at radius 3 is 1.93 bits per heavy atom. The first-order valence-electron chi connectivity index (χ1n) is 13.8. The van der Waals surface area contributed by atoms with E-state index in [1.54, 1.807) is 0 Å². The zero-order chi connectivity index (χ0) is 27.1. The minimum Gasteiger partial charge on any atom is -0.309 e. The first-order valence-corrected chi connectivity index (χ1v) is 15.5. The van der Waals surface area contributed by atoms with Crippen LogP contribution < -0.4 is 15.9 Å². The summed E-state index contributed by atoms with van der Waals surface area (Å²) in [6.45, 7) is 0. The van der Waals surface area contributed by atoms with Crippen molar-refractivity contribution in [2.45, 2.75) is 0 Å². The number of fused-ring (bicyclic) bond motifs is 11. The molecule has 192 valence electrons. The van der Waals surface area contributed by atoms with Crippen molar-refractivity contribution in [2.75, 3.05) is 0 Å². The highest BCUT2D eigenvalue weighted by Crippen LogP contribution is 2.52. The molecule has 0 N–H and O–H groups in total. The van der Waals surface area contributed by atoms with Crippen LogP contribution in [0.4, 0.5) is 0 Å². The molecular weight excluding hydrogens is 519 g/mol. The average molecular weight is 543 g/mol. The lowest BCUT2D eigenvalue weighted by molar-refractivity contribution is 0.593. The minimum absolute atomic E-state index is 0.838. The normalized spacial score (nSPS) is 13.7. The summed E-state index contributed by atoms with van der Waals surface area (Å²) < 4.78 is 17.5. The van der Waals surface area contributed by atoms with E-state index < -0.39 is 7.14 Å². The lowest BCUT2D eigenvalue weighted by Gasteiger charge is -2.16. The Kier molecular flexibility index (Phi) is 4.60. The van der Waals surface area contributed by atoms with Crippen LogP contribution in [0.2, 0.25) is 0 Å². The van der Waals surface area contributed by atoms with Gasteiger partial charge in [-0.3, -0.25) is 4.40 Å². The van der Waals surface area contributed by atoms with E-state index in [1.165, 1.54) is 16.3 Å². The molecule has 2 aromatic heterocycles. The van der Waals surface area contributed by atoms with Crippen LogP contribution in [0.5, 0.6) is 0 Å². The van der Waals surface area contributed by atoms with Crippen molar-refractivity contribution in [3.8, 4) is 22.3 Å². The molecule has 0 saturated heterocycles. The van der Waals surface area contributed by atoms with Gasteiger partial charge < -0.3 is 4.57 Å². The van der Waals surface area contributed by atoms with Crippen molar-refractivity contribution >= 4 is 61.4 Å². The van der Waals surface area contributed by atoms with Gasteiger partial charge in [-0.15, -0.1) is 0 Å². The summed E-state index contributed by atoms with van der Waals surface area (Å²) in [6.07, 6.45) is 0. The molecule has 0 amide bonds. The second kappa shape index (κ2) is 8.27. The maximum Gasteiger partial charge on any atom is 0.172 e. The molecule has 0 spiro atoms. The maximum absolute atomic E-state index is 15.2. The lowest BCUT2D eigenvalue weighted by atomic mass is 10.0. The number of benzene rings is 6. The Balaban J connectivity index is 1.40. The summed E-state index contributed by atoms with van der Waals surface area (Å²) in [6, 6.07) is 48.1. The van der Waals surface area contributed by atoms with E-state index in [-0.39, 0.29) is 0 Å². The van der Waals surface area contributed by atoms with Gasteiger partial charge in [0.25, 0.3) is 0 Å². The number of imidazole rings is 1. The number of nitrogens with zero attached hydrogens (tertiary/aromatic N) is 2. The van der Waals surface area contributed by atoms with Crippen LogP contribution in [0.1, 0.15) is 0 Å². The van der Waals surface area contributed by atoms with Crippen molar-refractivity contribution in [1.29, 1.82) is 0 Å². The summed E-state index contributed by atoms with van der Waals surface area (Å²) in [4.78, 5) is 5.15. The molecule has 0 fully saturated rings. The van der Waals surface area contributed by atoms with E-state index in [2.05, 4.69) is 89.3 Å². The monoisotopic (exact) mass is 542 g/mol. The molecule has 0 unspecified atom stereocenters. The van der Waals surface area contributed by atoms with Crippen LogP contribution in [-0.4, -0.2) is 9.38 Å². The zero-order valence-electron chi connectivity index (χ0n) is 22.0. The molecule has 0 aliphatic carbocycles. The van der Waals surface area contributed by atoms with Crippen LogP contribution in [-0.2, 0) is 4.57 Å². The molecule has 0 radical (unpaired) electrons. The molecule has 8 aromatic rings. The van der Waals surface area contributed by atoms with Gasteiger partial charge in [0.15, 0.2) is 7.14 Å². The number of pyridine rings is 1. The standard InChI is InChI=1S/C37H23N2OP/c40-41(35-16-8-6-13-29(35)30-14-7-9-17-36(30)41)26-19-21-32-34(23-26)39-33-22-25(24-10-2-1-3-11-24)18-20-28(33)27-12-4-5-15-31(27)37(39)38-32/h1-23H. The first kappa shape index (κ1) is 22.8. The molecule has 3 heterocycles. The third-order valence-corrected chi connectivity index (χ3v) is 11.7. The largest absolute Gasteiger partial charge is 0.309 e. The van der Waals surface area contributed by atoms with E-state index >= 15 is 4.57 Å². The van der Waals surface area contributed by atoms with Gasteiger partial charge in [-0.05, 0) is 51.9 Å². The molecule has 3 nitrogen and oxygen atoms in total. The molecule has 0 bridgehead atoms. The van der Waals surface area contributed by atoms with E-state index in [1.807, 2.05) is 54.6 Å². The molecule has 9 rings (SSSR count). The SMILES string of the molecule is O=P1(c2ccc3nc4c5ccccc5c5ccc(-c6ccccc6)cc5n4c3c2)c2ccccc2-c2ccccc21. The lowest BCUT2D eigenvalue weighted by Crippen LogP contribution is -2.20. The van der Waals surface area contributed by atoms with Gasteiger partial charge >= 0.3 is 0 Å². The second-order valence-electron chi connectivity index (χ2n) is 10.7. The van der Waals surface area contributed by atoms with Crippen molar-refractivity contribution in [3.05, 3.63) is 140 Å². The van der Waals surface area contributed by atoms with Crippen LogP contribution in [0.15, 0.2) is 140 Å². The maximum atomic E-state index is 15.2. The number of rotatable bonds is 2. The third-order valence-electron chi connectivity index (χ3n) is 8.58. The van der Waals surface area contributed by atoms with Crippen LogP contribution in [0, 0.1) is 0 Å². The molecule has 6 aromatic carbocycles. The Morgan fingerprint density at radius 1 is 0.512 bits per heavy atom. The zero-order valence-corrected chi connectivity index (χ0v) is 22.9. The Bertz CT molecular complexity index is 2360. The smallest absolute Gasteiger partial charge is 0.172 e. The number of hydrogen-bond donors (Lipinski definition) is 0. The van der Waals surface area contributed by atoms with Crippen LogP contribution in [0.25, 0.3) is 60.6 Å². The summed E-state index contributed by atoms with van der Waals surface area (Å²) >= 11 is 0. The van der Waals surface area contributed by atoms with Crippen molar-refractivity contribution in [1.82, 2.24) is 9.38 Å². The van der Waals surface area contributed by atoms with Gasteiger partial charge in [0.1, 0.15) is 5.65 Å². The van der Waals surface area contributed by atoms with E-state index in [0.717, 1.165) is 60.2 Å². The fourth-order valence-electron chi connectivity index (χ4n) is 6.71. The Morgan fingerprint density at radius 2 is 1.17 bits per heavy atom. The second-order valence-corrected chi connectivity index (χ2v) is 13.4. The van der Waals surface area contributed by atoms with Crippen LogP contribution in [0.3, 0.4) is 0 Å². The Labute approximate surface area is 236 Å². The number of aromatic nitrogens is 2. The molecule has 1 aliphatic heterocycles. The highest BCUT2D eigenvalue weighted by atomic mass is 31.2. The van der Waals surface area contributed by atoms with E-state index in [9.17, 15) is 0 Å². The van der Waals surface area contributed by atoms with Gasteiger partial charge in [-0.25, -0.2) is 4.98 Å². The fourth-order valence-corrected chi connectivity index (χ4v) is 9.78. The van der Waals surface area contributed by atoms with Crippen molar-refractivity contribution in [2.24, 2.45) is 0 Å². The summed E-state index contributed by atoms with van der Waals surface area (Å²) in [5, 5.41) is 6.11. The molecule has 41 heavy (non-hydrogen) atoms.